The number of urea groups is 1. The molecule has 4 amide bonds. The Bertz CT molecular complexity index is 1180. The number of methoxy groups -OCH3 is 1. The van der Waals surface area contributed by atoms with E-state index in [-0.39, 0.29) is 28.1 Å². The van der Waals surface area contributed by atoms with Crippen molar-refractivity contribution in [3.8, 4) is 0 Å². The standard InChI is InChI=1S/C26H30Cl2N4O5S/c1-26(2,3)31-25(36)32-14-38-13-20(32)22(33)30-19(24(35)37-4)12-15-8-10-16(11-9-15)29-23(34)21-17(27)6-5-7-18(21)28/h5-11,19-20H,12-14H2,1-4H3,(H,29,34)(H,30,33)(H,31,36). The van der Waals surface area contributed by atoms with Gasteiger partial charge in [0.25, 0.3) is 5.91 Å². The molecule has 0 radical (unpaired) electrons. The lowest BCUT2D eigenvalue weighted by Crippen LogP contribution is -2.56. The van der Waals surface area contributed by atoms with Crippen molar-refractivity contribution in [2.24, 2.45) is 0 Å². The number of carbonyl (C=O) groups is 4. The van der Waals surface area contributed by atoms with Gasteiger partial charge in [-0.3, -0.25) is 9.59 Å². The van der Waals surface area contributed by atoms with Gasteiger partial charge in [0.1, 0.15) is 12.1 Å². The number of benzene rings is 2. The van der Waals surface area contributed by atoms with Crippen LogP contribution in [-0.4, -0.2) is 65.1 Å². The van der Waals surface area contributed by atoms with E-state index < -0.39 is 35.4 Å². The van der Waals surface area contributed by atoms with Crippen LogP contribution in [0.2, 0.25) is 10.0 Å². The summed E-state index contributed by atoms with van der Waals surface area (Å²) in [6.45, 7) is 5.58. The number of amides is 4. The van der Waals surface area contributed by atoms with E-state index in [0.29, 0.717) is 17.3 Å². The first-order chi connectivity index (χ1) is 17.9. The van der Waals surface area contributed by atoms with Crippen LogP contribution >= 0.6 is 35.0 Å². The molecule has 3 N–H and O–H groups in total. The van der Waals surface area contributed by atoms with Gasteiger partial charge < -0.3 is 25.6 Å². The van der Waals surface area contributed by atoms with E-state index in [9.17, 15) is 19.2 Å². The van der Waals surface area contributed by atoms with Gasteiger partial charge in [0.15, 0.2) is 0 Å². The molecule has 0 saturated carbocycles. The second-order valence-corrected chi connectivity index (χ2v) is 11.5. The van der Waals surface area contributed by atoms with Gasteiger partial charge >= 0.3 is 12.0 Å². The third-order valence-electron chi connectivity index (χ3n) is 5.57. The minimum absolute atomic E-state index is 0.150. The van der Waals surface area contributed by atoms with Crippen molar-refractivity contribution in [1.82, 2.24) is 15.5 Å². The van der Waals surface area contributed by atoms with Crippen molar-refractivity contribution in [1.29, 1.82) is 0 Å². The van der Waals surface area contributed by atoms with Crippen LogP contribution in [0.25, 0.3) is 0 Å². The zero-order valence-corrected chi connectivity index (χ0v) is 23.8. The molecule has 2 atom stereocenters. The Hall–Kier alpha value is -2.95. The minimum Gasteiger partial charge on any atom is -0.467 e. The molecule has 1 saturated heterocycles. The third kappa shape index (κ3) is 7.78. The Kier molecular flexibility index (Phi) is 9.92. The third-order valence-corrected chi connectivity index (χ3v) is 7.21. The van der Waals surface area contributed by atoms with Crippen LogP contribution in [0.1, 0.15) is 36.7 Å². The van der Waals surface area contributed by atoms with Gasteiger partial charge in [0, 0.05) is 23.4 Å². The molecule has 1 fully saturated rings. The van der Waals surface area contributed by atoms with Gasteiger partial charge in [-0.25, -0.2) is 9.59 Å². The van der Waals surface area contributed by atoms with Crippen molar-refractivity contribution < 1.29 is 23.9 Å². The number of anilines is 1. The van der Waals surface area contributed by atoms with Crippen LogP contribution in [0, 0.1) is 0 Å². The van der Waals surface area contributed by atoms with E-state index in [0.717, 1.165) is 5.56 Å². The fraction of sp³-hybridized carbons (Fsp3) is 0.385. The van der Waals surface area contributed by atoms with Crippen molar-refractivity contribution in [2.75, 3.05) is 24.1 Å². The molecule has 2 aromatic carbocycles. The number of nitrogens with zero attached hydrogens (tertiary/aromatic N) is 1. The second-order valence-electron chi connectivity index (χ2n) is 9.70. The summed E-state index contributed by atoms with van der Waals surface area (Å²) in [5.41, 5.74) is 0.934. The average Bonchev–Trinajstić information content (AvgIpc) is 3.33. The Labute approximate surface area is 235 Å². The Morgan fingerprint density at radius 3 is 2.29 bits per heavy atom. The lowest BCUT2D eigenvalue weighted by atomic mass is 10.0. The molecule has 0 spiro atoms. The van der Waals surface area contributed by atoms with Gasteiger partial charge in [-0.2, -0.15) is 0 Å². The highest BCUT2D eigenvalue weighted by molar-refractivity contribution is 7.99. The SMILES string of the molecule is COC(=O)C(Cc1ccc(NC(=O)c2c(Cl)cccc2Cl)cc1)NC(=O)C1CSCN1C(=O)NC(C)(C)C. The topological polar surface area (TPSA) is 117 Å². The van der Waals surface area contributed by atoms with Crippen LogP contribution in [0.3, 0.4) is 0 Å². The van der Waals surface area contributed by atoms with E-state index in [1.54, 1.807) is 42.5 Å². The zero-order chi connectivity index (χ0) is 28.0. The molecule has 1 aliphatic heterocycles. The number of rotatable bonds is 7. The molecule has 12 heteroatoms. The summed E-state index contributed by atoms with van der Waals surface area (Å²) in [4.78, 5) is 52.3. The predicted molar refractivity (Wildman–Crippen MR) is 150 cm³/mol. The molecular weight excluding hydrogens is 551 g/mol. The van der Waals surface area contributed by atoms with E-state index in [1.807, 2.05) is 20.8 Å². The summed E-state index contributed by atoms with van der Waals surface area (Å²) in [5, 5.41) is 8.81. The highest BCUT2D eigenvalue weighted by atomic mass is 35.5. The van der Waals surface area contributed by atoms with Gasteiger partial charge in [0.2, 0.25) is 5.91 Å². The summed E-state index contributed by atoms with van der Waals surface area (Å²) in [7, 11) is 1.24. The number of ether oxygens (including phenoxy) is 1. The molecule has 9 nitrogen and oxygen atoms in total. The van der Waals surface area contributed by atoms with Crippen LogP contribution < -0.4 is 16.0 Å². The fourth-order valence-electron chi connectivity index (χ4n) is 3.72. The molecular formula is C26H30Cl2N4O5S. The molecule has 204 valence electrons. The van der Waals surface area contributed by atoms with Crippen LogP contribution in [-0.2, 0) is 20.7 Å². The summed E-state index contributed by atoms with van der Waals surface area (Å²) in [5.74, 6) is -0.714. The highest BCUT2D eigenvalue weighted by Gasteiger charge is 2.37. The van der Waals surface area contributed by atoms with Gasteiger partial charge in [0.05, 0.1) is 28.6 Å². The first-order valence-corrected chi connectivity index (χ1v) is 13.7. The molecule has 0 aromatic heterocycles. The zero-order valence-electron chi connectivity index (χ0n) is 21.5. The number of hydrogen-bond acceptors (Lipinski definition) is 6. The number of nitrogens with one attached hydrogen (secondary N) is 3. The summed E-state index contributed by atoms with van der Waals surface area (Å²) >= 11 is 13.7. The first-order valence-electron chi connectivity index (χ1n) is 11.8. The number of thioether (sulfide) groups is 1. The lowest BCUT2D eigenvalue weighted by Gasteiger charge is -2.29. The predicted octanol–water partition coefficient (Wildman–Crippen LogP) is 4.33. The van der Waals surface area contributed by atoms with Crippen molar-refractivity contribution >= 4 is 64.5 Å². The summed E-state index contributed by atoms with van der Waals surface area (Å²) in [6, 6.07) is 9.56. The second kappa shape index (κ2) is 12.7. The summed E-state index contributed by atoms with van der Waals surface area (Å²) < 4.78 is 4.90. The molecule has 0 aliphatic carbocycles. The van der Waals surface area contributed by atoms with Crippen molar-refractivity contribution in [3.05, 3.63) is 63.6 Å². The van der Waals surface area contributed by atoms with Crippen LogP contribution in [0.15, 0.2) is 42.5 Å². The minimum atomic E-state index is -0.965. The molecule has 1 heterocycles. The van der Waals surface area contributed by atoms with Gasteiger partial charge in [-0.15, -0.1) is 11.8 Å². The maximum absolute atomic E-state index is 13.1. The first kappa shape index (κ1) is 29.6. The van der Waals surface area contributed by atoms with Crippen molar-refractivity contribution in [3.63, 3.8) is 0 Å². The van der Waals surface area contributed by atoms with Crippen LogP contribution in [0.5, 0.6) is 0 Å². The lowest BCUT2D eigenvalue weighted by molar-refractivity contribution is -0.145. The summed E-state index contributed by atoms with van der Waals surface area (Å²) in [6.07, 6.45) is 0.150. The highest BCUT2D eigenvalue weighted by Crippen LogP contribution is 2.26. The number of halogens is 2. The molecule has 3 rings (SSSR count). The smallest absolute Gasteiger partial charge is 0.328 e. The van der Waals surface area contributed by atoms with E-state index in [2.05, 4.69) is 16.0 Å². The number of esters is 1. The van der Waals surface area contributed by atoms with Crippen LogP contribution in [0.4, 0.5) is 10.5 Å². The normalized spacial score (nSPS) is 15.9. The Balaban J connectivity index is 1.66. The molecule has 0 bridgehead atoms. The largest absolute Gasteiger partial charge is 0.467 e. The van der Waals surface area contributed by atoms with E-state index in [1.165, 1.54) is 23.8 Å². The van der Waals surface area contributed by atoms with E-state index >= 15 is 0 Å². The van der Waals surface area contributed by atoms with Crippen molar-refractivity contribution in [2.45, 2.75) is 44.8 Å². The van der Waals surface area contributed by atoms with Gasteiger partial charge in [-0.1, -0.05) is 41.4 Å². The fourth-order valence-corrected chi connectivity index (χ4v) is 5.45. The number of carbonyl (C=O) groups excluding carboxylic acids is 4. The number of hydrogen-bond donors (Lipinski definition) is 3. The Morgan fingerprint density at radius 2 is 1.71 bits per heavy atom. The van der Waals surface area contributed by atoms with E-state index in [4.69, 9.17) is 27.9 Å². The maximum atomic E-state index is 13.1. The molecule has 1 aliphatic rings. The maximum Gasteiger partial charge on any atom is 0.328 e. The molecule has 2 aromatic rings. The molecule has 38 heavy (non-hydrogen) atoms. The quantitative estimate of drug-likeness (QED) is 0.420. The molecule has 2 unspecified atom stereocenters. The monoisotopic (exact) mass is 580 g/mol. The van der Waals surface area contributed by atoms with Gasteiger partial charge in [-0.05, 0) is 50.6 Å². The average molecular weight is 582 g/mol. The Morgan fingerprint density at radius 1 is 1.08 bits per heavy atom.